The van der Waals surface area contributed by atoms with Crippen molar-refractivity contribution >= 4 is 5.97 Å². The molecule has 0 spiro atoms. The summed E-state index contributed by atoms with van der Waals surface area (Å²) in [6.45, 7) is 11.0. The van der Waals surface area contributed by atoms with Gasteiger partial charge >= 0.3 is 5.97 Å². The minimum atomic E-state index is -0.0785. The van der Waals surface area contributed by atoms with Crippen LogP contribution in [0.25, 0.3) is 0 Å². The molecular weight excluding hydrogens is 228 g/mol. The number of piperidine rings is 1. The number of carbonyl (C=O) groups excluding carboxylic acids is 1. The van der Waals surface area contributed by atoms with E-state index >= 15 is 0 Å². The molecule has 1 rings (SSSR count). The molecule has 0 radical (unpaired) electrons. The third-order valence-corrected chi connectivity index (χ3v) is 3.69. The van der Waals surface area contributed by atoms with Crippen LogP contribution in [0.1, 0.15) is 40.0 Å². The molecule has 106 valence electrons. The monoisotopic (exact) mass is 256 g/mol. The van der Waals surface area contributed by atoms with Crippen LogP contribution in [0.5, 0.6) is 0 Å². The van der Waals surface area contributed by atoms with Crippen LogP contribution in [0, 0.1) is 5.92 Å². The van der Waals surface area contributed by atoms with Gasteiger partial charge in [0, 0.05) is 12.6 Å². The lowest BCUT2D eigenvalue weighted by molar-refractivity contribution is -0.144. The summed E-state index contributed by atoms with van der Waals surface area (Å²) in [6, 6.07) is 0.274. The molecule has 1 aliphatic rings. The summed E-state index contributed by atoms with van der Waals surface area (Å²) in [4.78, 5) is 13.9. The van der Waals surface area contributed by atoms with Crippen molar-refractivity contribution < 1.29 is 9.53 Å². The maximum Gasteiger partial charge on any atom is 0.307 e. The van der Waals surface area contributed by atoms with Crippen LogP contribution in [0.3, 0.4) is 0 Å². The molecule has 18 heavy (non-hydrogen) atoms. The summed E-state index contributed by atoms with van der Waals surface area (Å²) < 4.78 is 5.02. The number of esters is 1. The van der Waals surface area contributed by atoms with Gasteiger partial charge in [-0.3, -0.25) is 4.79 Å². The Morgan fingerprint density at radius 1 is 1.50 bits per heavy atom. The van der Waals surface area contributed by atoms with Gasteiger partial charge in [0.2, 0.25) is 0 Å². The van der Waals surface area contributed by atoms with Gasteiger partial charge in [-0.15, -0.1) is 0 Å². The number of nitrogens with one attached hydrogen (secondary N) is 1. The molecule has 2 atom stereocenters. The fraction of sp³-hybridized carbons (Fsp3) is 0.929. The van der Waals surface area contributed by atoms with E-state index in [0.29, 0.717) is 13.0 Å². The molecule has 0 aliphatic carbocycles. The van der Waals surface area contributed by atoms with Crippen molar-refractivity contribution in [1.82, 2.24) is 10.2 Å². The van der Waals surface area contributed by atoms with Crippen LogP contribution in [0.15, 0.2) is 0 Å². The van der Waals surface area contributed by atoms with E-state index in [2.05, 4.69) is 24.1 Å². The highest BCUT2D eigenvalue weighted by Gasteiger charge is 2.21. The molecule has 1 heterocycles. The van der Waals surface area contributed by atoms with E-state index in [0.717, 1.165) is 32.1 Å². The number of rotatable bonds is 7. The van der Waals surface area contributed by atoms with E-state index in [1.54, 1.807) is 0 Å². The molecule has 1 N–H and O–H groups in total. The summed E-state index contributed by atoms with van der Waals surface area (Å²) in [5.41, 5.74) is 0. The van der Waals surface area contributed by atoms with Crippen molar-refractivity contribution in [3.63, 3.8) is 0 Å². The van der Waals surface area contributed by atoms with Crippen LogP contribution in [-0.4, -0.2) is 49.7 Å². The third-order valence-electron chi connectivity index (χ3n) is 3.69. The Kier molecular flexibility index (Phi) is 7.28. The van der Waals surface area contributed by atoms with Crippen molar-refractivity contribution in [3.8, 4) is 0 Å². The van der Waals surface area contributed by atoms with Gasteiger partial charge in [-0.2, -0.15) is 0 Å². The van der Waals surface area contributed by atoms with Gasteiger partial charge in [0.1, 0.15) is 0 Å². The van der Waals surface area contributed by atoms with Crippen LogP contribution >= 0.6 is 0 Å². The van der Waals surface area contributed by atoms with Gasteiger partial charge in [0.25, 0.3) is 0 Å². The second-order valence-electron chi connectivity index (χ2n) is 5.16. The lowest BCUT2D eigenvalue weighted by Gasteiger charge is -2.33. The number of carbonyl (C=O) groups is 1. The van der Waals surface area contributed by atoms with E-state index in [1.165, 1.54) is 12.8 Å². The molecule has 0 amide bonds. The summed E-state index contributed by atoms with van der Waals surface area (Å²) in [5, 5.41) is 3.45. The Balaban J connectivity index is 2.36. The Morgan fingerprint density at radius 3 is 2.83 bits per heavy atom. The maximum absolute atomic E-state index is 11.5. The normalized spacial score (nSPS) is 21.9. The Hall–Kier alpha value is -0.610. The predicted octanol–water partition coefficient (Wildman–Crippen LogP) is 1.65. The standard InChI is InChI=1S/C14H28N2O2/c1-4-16(11-13-7-6-8-15-10-13)12(3)9-14(17)18-5-2/h12-13,15H,4-11H2,1-3H3. The molecule has 0 bridgehead atoms. The number of ether oxygens (including phenoxy) is 1. The minimum absolute atomic E-state index is 0.0785. The molecular formula is C14H28N2O2. The van der Waals surface area contributed by atoms with Crippen molar-refractivity contribution in [2.24, 2.45) is 5.92 Å². The van der Waals surface area contributed by atoms with Gasteiger partial charge in [-0.1, -0.05) is 6.92 Å². The zero-order chi connectivity index (χ0) is 13.4. The van der Waals surface area contributed by atoms with Crippen molar-refractivity contribution in [1.29, 1.82) is 0 Å². The van der Waals surface area contributed by atoms with Gasteiger partial charge in [-0.05, 0) is 52.2 Å². The summed E-state index contributed by atoms with van der Waals surface area (Å²) in [5.74, 6) is 0.647. The van der Waals surface area contributed by atoms with Gasteiger partial charge in [0.05, 0.1) is 13.0 Å². The molecule has 1 fully saturated rings. The SMILES string of the molecule is CCOC(=O)CC(C)N(CC)CC1CCCNC1. The van der Waals surface area contributed by atoms with Crippen LogP contribution in [0.2, 0.25) is 0 Å². The largest absolute Gasteiger partial charge is 0.466 e. The van der Waals surface area contributed by atoms with E-state index < -0.39 is 0 Å². The quantitative estimate of drug-likeness (QED) is 0.703. The zero-order valence-electron chi connectivity index (χ0n) is 12.1. The molecule has 0 saturated carbocycles. The minimum Gasteiger partial charge on any atom is -0.466 e. The second-order valence-corrected chi connectivity index (χ2v) is 5.16. The lowest BCUT2D eigenvalue weighted by Crippen LogP contribution is -2.42. The van der Waals surface area contributed by atoms with Crippen LogP contribution in [-0.2, 0) is 9.53 Å². The number of hydrogen-bond donors (Lipinski definition) is 1. The van der Waals surface area contributed by atoms with Crippen LogP contribution < -0.4 is 5.32 Å². The van der Waals surface area contributed by atoms with E-state index in [9.17, 15) is 4.79 Å². The molecule has 0 aromatic rings. The summed E-state index contributed by atoms with van der Waals surface area (Å²) in [7, 11) is 0. The maximum atomic E-state index is 11.5. The highest BCUT2D eigenvalue weighted by Crippen LogP contribution is 2.14. The molecule has 2 unspecified atom stereocenters. The highest BCUT2D eigenvalue weighted by atomic mass is 16.5. The first-order valence-corrected chi connectivity index (χ1v) is 7.27. The first-order valence-electron chi connectivity index (χ1n) is 7.27. The van der Waals surface area contributed by atoms with Gasteiger partial charge < -0.3 is 15.0 Å². The van der Waals surface area contributed by atoms with Gasteiger partial charge in [0.15, 0.2) is 0 Å². The number of hydrogen-bond acceptors (Lipinski definition) is 4. The fourth-order valence-corrected chi connectivity index (χ4v) is 2.62. The average molecular weight is 256 g/mol. The highest BCUT2D eigenvalue weighted by molar-refractivity contribution is 5.70. The van der Waals surface area contributed by atoms with E-state index in [-0.39, 0.29) is 12.0 Å². The zero-order valence-corrected chi connectivity index (χ0v) is 12.1. The van der Waals surface area contributed by atoms with E-state index in [4.69, 9.17) is 4.74 Å². The summed E-state index contributed by atoms with van der Waals surface area (Å²) >= 11 is 0. The Morgan fingerprint density at radius 2 is 2.28 bits per heavy atom. The first-order chi connectivity index (χ1) is 8.67. The molecule has 4 nitrogen and oxygen atoms in total. The van der Waals surface area contributed by atoms with Crippen LogP contribution in [0.4, 0.5) is 0 Å². The molecule has 1 saturated heterocycles. The van der Waals surface area contributed by atoms with Crippen molar-refractivity contribution in [3.05, 3.63) is 0 Å². The molecule has 0 aromatic heterocycles. The predicted molar refractivity (Wildman–Crippen MR) is 73.6 cm³/mol. The van der Waals surface area contributed by atoms with Crippen molar-refractivity contribution in [2.45, 2.75) is 46.1 Å². The smallest absolute Gasteiger partial charge is 0.307 e. The topological polar surface area (TPSA) is 41.6 Å². The lowest BCUT2D eigenvalue weighted by atomic mass is 9.98. The van der Waals surface area contributed by atoms with E-state index in [1.807, 2.05) is 6.92 Å². The Labute approximate surface area is 111 Å². The average Bonchev–Trinajstić information content (AvgIpc) is 2.37. The van der Waals surface area contributed by atoms with Crippen molar-refractivity contribution in [2.75, 3.05) is 32.8 Å². The fourth-order valence-electron chi connectivity index (χ4n) is 2.62. The Bertz CT molecular complexity index is 240. The number of nitrogens with zero attached hydrogens (tertiary/aromatic N) is 1. The second kappa shape index (κ2) is 8.48. The molecule has 0 aromatic carbocycles. The first kappa shape index (κ1) is 15.4. The summed E-state index contributed by atoms with van der Waals surface area (Å²) in [6.07, 6.45) is 3.08. The third kappa shape index (κ3) is 5.36. The van der Waals surface area contributed by atoms with Gasteiger partial charge in [-0.25, -0.2) is 0 Å². The molecule has 4 heteroatoms. The molecule has 1 aliphatic heterocycles.